The van der Waals surface area contributed by atoms with Gasteiger partial charge in [-0.05, 0) is 50.8 Å². The Kier molecular flexibility index (Phi) is 14.7. The Labute approximate surface area is 245 Å². The van der Waals surface area contributed by atoms with E-state index in [0.717, 1.165) is 27.5 Å². The number of rotatable bonds is 15. The van der Waals surface area contributed by atoms with Crippen LogP contribution in [0.25, 0.3) is 0 Å². The van der Waals surface area contributed by atoms with Crippen LogP contribution in [0, 0.1) is 17.3 Å². The van der Waals surface area contributed by atoms with Gasteiger partial charge in [0, 0.05) is 37.8 Å². The predicted octanol–water partition coefficient (Wildman–Crippen LogP) is 4.01. The number of carbonyl (C=O) groups excluding carboxylic acids is 3. The number of carbonyl (C=O) groups is 3. The molecule has 1 aliphatic carbocycles. The molecule has 0 bridgehead atoms. The van der Waals surface area contributed by atoms with Crippen LogP contribution in [-0.4, -0.2) is 105 Å². The van der Waals surface area contributed by atoms with E-state index in [1.807, 2.05) is 52.6 Å². The van der Waals surface area contributed by atoms with Crippen molar-refractivity contribution in [3.8, 4) is 0 Å². The minimum Gasteiger partial charge on any atom is -0.384 e. The Balaban J connectivity index is 3.04. The third-order valence-electron chi connectivity index (χ3n) is 8.11. The molecule has 0 aromatic rings. The Bertz CT molecular complexity index is 894. The van der Waals surface area contributed by atoms with E-state index < -0.39 is 22.7 Å². The largest absolute Gasteiger partial charge is 0.384 e. The lowest BCUT2D eigenvalue weighted by atomic mass is 9.84. The summed E-state index contributed by atoms with van der Waals surface area (Å²) in [5, 5.41) is 5.77. The number of ketones is 1. The number of hydrogen-bond acceptors (Lipinski definition) is 6. The number of amides is 2. The summed E-state index contributed by atoms with van der Waals surface area (Å²) < 4.78 is 5.38. The molecule has 2 unspecified atom stereocenters. The van der Waals surface area contributed by atoms with Crippen LogP contribution in [0.3, 0.4) is 0 Å². The van der Waals surface area contributed by atoms with Gasteiger partial charge in [-0.15, -0.1) is 8.20 Å². The summed E-state index contributed by atoms with van der Waals surface area (Å²) in [6, 6.07) is -1.33. The zero-order valence-electron chi connectivity index (χ0n) is 27.1. The van der Waals surface area contributed by atoms with E-state index >= 15 is 0 Å². The van der Waals surface area contributed by atoms with Crippen LogP contribution in [0.2, 0.25) is 0 Å². The highest BCUT2D eigenvalue weighted by Crippen LogP contribution is 2.30. The van der Waals surface area contributed by atoms with E-state index in [2.05, 4.69) is 30.8 Å². The van der Waals surface area contributed by atoms with E-state index in [1.54, 1.807) is 26.1 Å². The van der Waals surface area contributed by atoms with Gasteiger partial charge in [0.25, 0.3) is 0 Å². The number of nitrogens with one attached hydrogen (secondary N) is 2. The maximum atomic E-state index is 13.9. The average molecular weight is 581 g/mol. The minimum atomic E-state index is -0.708. The first kappa shape index (κ1) is 36.4. The van der Waals surface area contributed by atoms with E-state index in [0.29, 0.717) is 19.1 Å². The van der Waals surface area contributed by atoms with Crippen molar-refractivity contribution in [1.82, 2.24) is 20.4 Å². The van der Waals surface area contributed by atoms with Crippen LogP contribution in [0.5, 0.6) is 0 Å². The van der Waals surface area contributed by atoms with Crippen molar-refractivity contribution in [3.05, 3.63) is 11.6 Å². The number of nitrogens with zero attached hydrogens (tertiary/aromatic N) is 2. The number of methoxy groups -OCH3 is 1. The molecule has 1 fully saturated rings. The Morgan fingerprint density at radius 1 is 1.12 bits per heavy atom. The molecule has 4 atom stereocenters. The van der Waals surface area contributed by atoms with Crippen LogP contribution in [0.15, 0.2) is 11.6 Å². The third kappa shape index (κ3) is 10.7. The van der Waals surface area contributed by atoms with Gasteiger partial charge < -0.3 is 20.3 Å². The fourth-order valence-electron chi connectivity index (χ4n) is 5.51. The number of hydrogen-bond donors (Lipinski definition) is 2. The van der Waals surface area contributed by atoms with Crippen molar-refractivity contribution < 1.29 is 19.1 Å². The molecule has 0 spiro atoms. The molecule has 0 heterocycles. The average Bonchev–Trinajstić information content (AvgIpc) is 2.85. The summed E-state index contributed by atoms with van der Waals surface area (Å²) in [7, 11) is 8.04. The maximum Gasteiger partial charge on any atom is 0.245 e. The second kappa shape index (κ2) is 16.1. The first-order valence-corrected chi connectivity index (χ1v) is 15.7. The quantitative estimate of drug-likeness (QED) is 0.225. The van der Waals surface area contributed by atoms with Gasteiger partial charge in [-0.25, -0.2) is 0 Å². The normalized spacial score (nSPS) is 20.0. The molecule has 9 heteroatoms. The summed E-state index contributed by atoms with van der Waals surface area (Å²) in [6.07, 6.45) is 10.1. The molecule has 0 saturated heterocycles. The van der Waals surface area contributed by atoms with Crippen LogP contribution >= 0.6 is 8.20 Å². The molecule has 0 aliphatic heterocycles. The molecule has 40 heavy (non-hydrogen) atoms. The van der Waals surface area contributed by atoms with Crippen molar-refractivity contribution in [1.29, 1.82) is 0 Å². The van der Waals surface area contributed by atoms with Crippen molar-refractivity contribution in [2.45, 2.75) is 97.4 Å². The van der Waals surface area contributed by atoms with Crippen molar-refractivity contribution in [2.75, 3.05) is 47.9 Å². The molecule has 1 saturated carbocycles. The van der Waals surface area contributed by atoms with Gasteiger partial charge in [0.05, 0.1) is 19.2 Å². The highest BCUT2D eigenvalue weighted by Gasteiger charge is 2.40. The van der Waals surface area contributed by atoms with Crippen molar-refractivity contribution >= 4 is 32.1 Å². The summed E-state index contributed by atoms with van der Waals surface area (Å²) in [4.78, 5) is 44.0. The van der Waals surface area contributed by atoms with Gasteiger partial charge in [0.1, 0.15) is 6.04 Å². The van der Waals surface area contributed by atoms with E-state index in [9.17, 15) is 14.4 Å². The topological polar surface area (TPSA) is 91.0 Å². The minimum absolute atomic E-state index is 0.0854. The molecule has 1 rings (SSSR count). The van der Waals surface area contributed by atoms with E-state index in [1.165, 1.54) is 12.0 Å². The molecule has 230 valence electrons. The van der Waals surface area contributed by atoms with Crippen molar-refractivity contribution in [3.63, 3.8) is 0 Å². The highest BCUT2D eigenvalue weighted by molar-refractivity contribution is 7.38. The Hall–Kier alpha value is -1.60. The zero-order valence-corrected chi connectivity index (χ0v) is 28.0. The van der Waals surface area contributed by atoms with E-state index in [4.69, 9.17) is 4.74 Å². The molecule has 0 aromatic carbocycles. The molecular formula is C31H57N4O4P. The second-order valence-electron chi connectivity index (χ2n) is 13.4. The maximum absolute atomic E-state index is 13.9. The second-order valence-corrected chi connectivity index (χ2v) is 14.9. The molecule has 2 N–H and O–H groups in total. The fourth-order valence-corrected chi connectivity index (χ4v) is 5.94. The highest BCUT2D eigenvalue weighted by atomic mass is 31.1. The number of likely N-dealkylation sites (N-methyl/N-ethyl adjacent to an activating group) is 3. The van der Waals surface area contributed by atoms with Gasteiger partial charge in [-0.3, -0.25) is 19.3 Å². The van der Waals surface area contributed by atoms with E-state index in [-0.39, 0.29) is 36.1 Å². The van der Waals surface area contributed by atoms with Crippen LogP contribution in [0.4, 0.5) is 0 Å². The Morgan fingerprint density at radius 2 is 1.75 bits per heavy atom. The molecule has 2 amide bonds. The smallest absolute Gasteiger partial charge is 0.245 e. The Morgan fingerprint density at radius 3 is 2.25 bits per heavy atom. The zero-order chi connectivity index (χ0) is 30.8. The summed E-state index contributed by atoms with van der Waals surface area (Å²) in [5.41, 5.74) is 0.698. The molecule has 0 aromatic heterocycles. The molecule has 0 radical (unpaired) electrons. The summed E-state index contributed by atoms with van der Waals surface area (Å²) in [5.74, 6) is 0.218. The first-order valence-electron chi connectivity index (χ1n) is 14.6. The lowest BCUT2D eigenvalue weighted by molar-refractivity contribution is -0.141. The lowest BCUT2D eigenvalue weighted by Crippen LogP contribution is -2.62. The summed E-state index contributed by atoms with van der Waals surface area (Å²) >= 11 is 0. The van der Waals surface area contributed by atoms with Gasteiger partial charge in [0.2, 0.25) is 11.8 Å². The van der Waals surface area contributed by atoms with Gasteiger partial charge in [-0.1, -0.05) is 66.8 Å². The third-order valence-corrected chi connectivity index (χ3v) is 9.18. The summed E-state index contributed by atoms with van der Waals surface area (Å²) in [6.45, 7) is 15.5. The fraction of sp³-hybridized carbons (Fsp3) is 0.806. The molecular weight excluding hydrogens is 523 g/mol. The van der Waals surface area contributed by atoms with Gasteiger partial charge >= 0.3 is 0 Å². The van der Waals surface area contributed by atoms with Gasteiger partial charge in [0.15, 0.2) is 5.78 Å². The molecule has 1 aliphatic rings. The SMILES string of the molecule is C=PC(C)(C)[C@H](NC)C(=O)NC(C(=O)N(C)[C@H](CN(C)CC(=O)/C=C1/CCCCC1COC)C(C)C)C(C)(C)C. The molecule has 8 nitrogen and oxygen atoms in total. The first-order chi connectivity index (χ1) is 18.5. The van der Waals surface area contributed by atoms with Crippen molar-refractivity contribution in [2.24, 2.45) is 17.3 Å². The number of ether oxygens (including phenoxy) is 1. The van der Waals surface area contributed by atoms with Crippen LogP contribution in [0.1, 0.15) is 74.1 Å². The standard InChI is InChI=1S/C31H57N4O4P/c1-21(2)25(19-34(9)18-24(36)17-22-15-13-14-16-23(22)20-39-11)35(10)29(38)27(30(3,4)5)33-28(37)26(32-8)31(6,7)40-12/h17,21,23,25-27,32H,12-16,18-20H2,1-11H3,(H,33,37)/b22-17-/t23?,25-,26-,27?/m1/s1. The van der Waals surface area contributed by atoms with Crippen LogP contribution < -0.4 is 10.6 Å². The van der Waals surface area contributed by atoms with Crippen LogP contribution in [-0.2, 0) is 19.1 Å². The monoisotopic (exact) mass is 580 g/mol. The lowest BCUT2D eigenvalue weighted by Gasteiger charge is -2.40. The predicted molar refractivity (Wildman–Crippen MR) is 168 cm³/mol. The van der Waals surface area contributed by atoms with Gasteiger partial charge in [-0.2, -0.15) is 0 Å².